The van der Waals surface area contributed by atoms with Crippen LogP contribution in [0.1, 0.15) is 25.0 Å². The normalized spacial score (nSPS) is 18.1. The van der Waals surface area contributed by atoms with E-state index in [1.54, 1.807) is 0 Å². The Bertz CT molecular complexity index is 664. The summed E-state index contributed by atoms with van der Waals surface area (Å²) < 4.78 is 62.0. The molecule has 0 aliphatic carbocycles. The number of alkyl halides is 3. The second-order valence-corrected chi connectivity index (χ2v) is 6.71. The molecule has 1 N–H and O–H groups in total. The molecule has 7 heteroatoms. The highest BCUT2D eigenvalue weighted by molar-refractivity contribution is 7.96. The lowest BCUT2D eigenvalue weighted by Gasteiger charge is -2.18. The molecule has 3 nitrogen and oxygen atoms in total. The molecule has 0 bridgehead atoms. The molecular weight excluding hydrogens is 281 g/mol. The summed E-state index contributed by atoms with van der Waals surface area (Å²) in [6, 6.07) is 2.51. The molecule has 0 atom stereocenters. The fourth-order valence-electron chi connectivity index (χ4n) is 1.91. The first-order chi connectivity index (χ1) is 8.44. The van der Waals surface area contributed by atoms with Crippen molar-refractivity contribution in [3.8, 4) is 0 Å². The maximum Gasteiger partial charge on any atom is 0.416 e. The van der Waals surface area contributed by atoms with Crippen molar-refractivity contribution < 1.29 is 26.7 Å². The van der Waals surface area contributed by atoms with Gasteiger partial charge in [-0.1, -0.05) is 6.07 Å². The number of sulfone groups is 1. The molecule has 2 rings (SSSR count). The molecule has 1 aliphatic heterocycles. The molecule has 1 aliphatic rings. The van der Waals surface area contributed by atoms with E-state index < -0.39 is 32.1 Å². The van der Waals surface area contributed by atoms with Gasteiger partial charge in [-0.15, -0.1) is 0 Å². The minimum Gasteiger partial charge on any atom is -0.385 e. The second-order valence-electron chi connectivity index (χ2n) is 4.82. The number of aliphatic hydroxyl groups is 1. The predicted molar refractivity (Wildman–Crippen MR) is 62.9 cm³/mol. The molecule has 0 saturated heterocycles. The zero-order valence-electron chi connectivity index (χ0n) is 10.1. The van der Waals surface area contributed by atoms with E-state index in [4.69, 9.17) is 0 Å². The van der Waals surface area contributed by atoms with E-state index in [1.807, 2.05) is 0 Å². The number of fused-ring (bicyclic) bond motifs is 1. The Morgan fingerprint density at radius 3 is 2.21 bits per heavy atom. The van der Waals surface area contributed by atoms with Crippen molar-refractivity contribution in [2.45, 2.75) is 30.5 Å². The minimum atomic E-state index is -4.61. The Balaban J connectivity index is 2.64. The Morgan fingerprint density at radius 2 is 1.74 bits per heavy atom. The smallest absolute Gasteiger partial charge is 0.385 e. The SMILES string of the molecule is CC(C)(O)C1=Cc2ccc(C(F)(F)F)cc2S1(=O)=O. The molecule has 0 amide bonds. The summed E-state index contributed by atoms with van der Waals surface area (Å²) in [5, 5.41) is 9.78. The molecule has 0 radical (unpaired) electrons. The summed E-state index contributed by atoms with van der Waals surface area (Å²) >= 11 is 0. The first kappa shape index (κ1) is 14.1. The summed E-state index contributed by atoms with van der Waals surface area (Å²) in [4.78, 5) is -0.714. The maximum atomic E-state index is 12.6. The Morgan fingerprint density at radius 1 is 1.16 bits per heavy atom. The average Bonchev–Trinajstić information content (AvgIpc) is 2.48. The first-order valence-electron chi connectivity index (χ1n) is 5.35. The van der Waals surface area contributed by atoms with Gasteiger partial charge in [0, 0.05) is 0 Å². The molecule has 1 aromatic carbocycles. The van der Waals surface area contributed by atoms with Gasteiger partial charge in [-0.3, -0.25) is 0 Å². The van der Waals surface area contributed by atoms with Crippen LogP contribution in [0.2, 0.25) is 0 Å². The summed E-state index contributed by atoms with van der Waals surface area (Å²) in [7, 11) is -4.08. The zero-order chi connectivity index (χ0) is 14.6. The predicted octanol–water partition coefficient (Wildman–Crippen LogP) is 2.60. The van der Waals surface area contributed by atoms with Gasteiger partial charge in [0.25, 0.3) is 0 Å². The van der Waals surface area contributed by atoms with Gasteiger partial charge >= 0.3 is 6.18 Å². The highest BCUT2D eigenvalue weighted by atomic mass is 32.2. The third-order valence-corrected chi connectivity index (χ3v) is 4.94. The van der Waals surface area contributed by atoms with E-state index >= 15 is 0 Å². The van der Waals surface area contributed by atoms with E-state index in [0.717, 1.165) is 12.1 Å². The van der Waals surface area contributed by atoms with Gasteiger partial charge in [0.2, 0.25) is 9.84 Å². The van der Waals surface area contributed by atoms with Crippen LogP contribution in [0.3, 0.4) is 0 Å². The highest BCUT2D eigenvalue weighted by Crippen LogP contribution is 2.41. The Labute approximate surface area is 108 Å². The Hall–Kier alpha value is -1.34. The molecule has 104 valence electrons. The van der Waals surface area contributed by atoms with Crippen LogP contribution in [-0.2, 0) is 16.0 Å². The minimum absolute atomic E-state index is 0.158. The van der Waals surface area contributed by atoms with Gasteiger partial charge < -0.3 is 5.11 Å². The third kappa shape index (κ3) is 2.28. The monoisotopic (exact) mass is 292 g/mol. The zero-order valence-corrected chi connectivity index (χ0v) is 10.9. The summed E-state index contributed by atoms with van der Waals surface area (Å²) in [5.74, 6) is 0. The molecule has 0 fully saturated rings. The van der Waals surface area contributed by atoms with Crippen molar-refractivity contribution in [2.24, 2.45) is 0 Å². The third-order valence-electron chi connectivity index (χ3n) is 2.81. The van der Waals surface area contributed by atoms with Crippen LogP contribution in [0.25, 0.3) is 6.08 Å². The number of rotatable bonds is 1. The summed E-state index contributed by atoms with van der Waals surface area (Å²) in [5.41, 5.74) is -2.51. The highest BCUT2D eigenvalue weighted by Gasteiger charge is 2.40. The van der Waals surface area contributed by atoms with Crippen molar-refractivity contribution in [1.82, 2.24) is 0 Å². The first-order valence-corrected chi connectivity index (χ1v) is 6.83. The van der Waals surface area contributed by atoms with Crippen molar-refractivity contribution in [3.63, 3.8) is 0 Å². The molecule has 19 heavy (non-hydrogen) atoms. The van der Waals surface area contributed by atoms with Gasteiger partial charge in [0.15, 0.2) is 0 Å². The largest absolute Gasteiger partial charge is 0.416 e. The van der Waals surface area contributed by atoms with E-state index in [2.05, 4.69) is 0 Å². The van der Waals surface area contributed by atoms with Crippen molar-refractivity contribution in [3.05, 3.63) is 34.2 Å². The Kier molecular flexibility index (Phi) is 2.84. The van der Waals surface area contributed by atoms with Crippen LogP contribution in [0.15, 0.2) is 28.0 Å². The van der Waals surface area contributed by atoms with Gasteiger partial charge in [-0.05, 0) is 37.6 Å². The molecule has 0 saturated carbocycles. The number of hydrogen-bond acceptors (Lipinski definition) is 3. The molecular formula is C12H11F3O3S. The van der Waals surface area contributed by atoms with Gasteiger partial charge in [0.05, 0.1) is 21.0 Å². The van der Waals surface area contributed by atoms with Gasteiger partial charge in [0.1, 0.15) is 0 Å². The lowest BCUT2D eigenvalue weighted by atomic mass is 10.1. The number of benzene rings is 1. The van der Waals surface area contributed by atoms with E-state index in [-0.39, 0.29) is 10.5 Å². The molecule has 1 heterocycles. The van der Waals surface area contributed by atoms with Crippen LogP contribution in [0.5, 0.6) is 0 Å². The molecule has 0 unspecified atom stereocenters. The van der Waals surface area contributed by atoms with Crippen molar-refractivity contribution >= 4 is 15.9 Å². The van der Waals surface area contributed by atoms with Gasteiger partial charge in [-0.2, -0.15) is 13.2 Å². The van der Waals surface area contributed by atoms with E-state index in [1.165, 1.54) is 19.9 Å². The number of hydrogen-bond donors (Lipinski definition) is 1. The van der Waals surface area contributed by atoms with Crippen molar-refractivity contribution in [2.75, 3.05) is 0 Å². The van der Waals surface area contributed by atoms with Crippen LogP contribution < -0.4 is 0 Å². The van der Waals surface area contributed by atoms with Crippen LogP contribution in [-0.4, -0.2) is 19.1 Å². The standard InChI is InChI=1S/C12H11F3O3S/c1-11(2,16)10-5-7-3-4-8(12(13,14)15)6-9(7)19(10,17)18/h3-6,16H,1-2H3. The average molecular weight is 292 g/mol. The fraction of sp³-hybridized carbons (Fsp3) is 0.333. The number of halogens is 3. The van der Waals surface area contributed by atoms with E-state index in [0.29, 0.717) is 6.07 Å². The fourth-order valence-corrected chi connectivity index (χ4v) is 3.80. The van der Waals surface area contributed by atoms with Crippen LogP contribution >= 0.6 is 0 Å². The maximum absolute atomic E-state index is 12.6. The molecule has 0 aromatic heterocycles. The lowest BCUT2D eigenvalue weighted by molar-refractivity contribution is -0.137. The van der Waals surface area contributed by atoms with Gasteiger partial charge in [-0.25, -0.2) is 8.42 Å². The second kappa shape index (κ2) is 3.83. The summed E-state index contributed by atoms with van der Waals surface area (Å²) in [6.45, 7) is 2.54. The topological polar surface area (TPSA) is 54.4 Å². The van der Waals surface area contributed by atoms with Crippen LogP contribution in [0.4, 0.5) is 13.2 Å². The quantitative estimate of drug-likeness (QED) is 0.865. The van der Waals surface area contributed by atoms with Crippen LogP contribution in [0, 0.1) is 0 Å². The molecule has 1 aromatic rings. The molecule has 0 spiro atoms. The lowest BCUT2D eigenvalue weighted by Crippen LogP contribution is -2.25. The summed E-state index contributed by atoms with van der Waals surface area (Å²) in [6.07, 6.45) is -3.41. The van der Waals surface area contributed by atoms with Crippen molar-refractivity contribution in [1.29, 1.82) is 0 Å². The van der Waals surface area contributed by atoms with E-state index in [9.17, 15) is 26.7 Å².